The molecule has 2 aromatic carbocycles. The lowest BCUT2D eigenvalue weighted by Gasteiger charge is -2.12. The number of nitrogens with zero attached hydrogens (tertiary/aromatic N) is 1. The maximum Gasteiger partial charge on any atom is 0.411 e. The summed E-state index contributed by atoms with van der Waals surface area (Å²) in [6.45, 7) is 3.69. The zero-order valence-corrected chi connectivity index (χ0v) is 17.6. The minimum atomic E-state index is -4.32. The molecule has 0 heterocycles. The molecule has 0 aromatic heterocycles. The van der Waals surface area contributed by atoms with E-state index in [4.69, 9.17) is 0 Å². The van der Waals surface area contributed by atoms with E-state index in [-0.39, 0.29) is 12.5 Å². The van der Waals surface area contributed by atoms with Gasteiger partial charge < -0.3 is 20.7 Å². The topological polar surface area (TPSA) is 74.8 Å². The Hall–Kier alpha value is -3.07. The zero-order valence-electron chi connectivity index (χ0n) is 17.6. The Morgan fingerprint density at radius 3 is 2.39 bits per heavy atom. The van der Waals surface area contributed by atoms with Gasteiger partial charge in [-0.1, -0.05) is 36.4 Å². The van der Waals surface area contributed by atoms with E-state index in [1.165, 1.54) is 6.92 Å². The van der Waals surface area contributed by atoms with Gasteiger partial charge in [0.1, 0.15) is 6.61 Å². The summed E-state index contributed by atoms with van der Waals surface area (Å²) < 4.78 is 41.1. The first-order valence-corrected chi connectivity index (χ1v) is 9.86. The van der Waals surface area contributed by atoms with Crippen molar-refractivity contribution in [2.24, 2.45) is 4.99 Å². The van der Waals surface area contributed by atoms with Crippen molar-refractivity contribution in [2.75, 3.05) is 18.5 Å². The number of alkyl halides is 3. The van der Waals surface area contributed by atoms with Crippen LogP contribution >= 0.6 is 0 Å². The van der Waals surface area contributed by atoms with Crippen LogP contribution in [-0.2, 0) is 29.2 Å². The van der Waals surface area contributed by atoms with Gasteiger partial charge in [0.25, 0.3) is 0 Å². The number of hydrogen-bond donors (Lipinski definition) is 3. The van der Waals surface area contributed by atoms with Crippen molar-refractivity contribution in [2.45, 2.75) is 39.7 Å². The van der Waals surface area contributed by atoms with Crippen LogP contribution < -0.4 is 16.0 Å². The number of nitrogens with one attached hydrogen (secondary N) is 3. The van der Waals surface area contributed by atoms with E-state index in [0.29, 0.717) is 31.2 Å². The predicted octanol–water partition coefficient (Wildman–Crippen LogP) is 3.98. The van der Waals surface area contributed by atoms with Crippen LogP contribution in [0.5, 0.6) is 0 Å². The molecule has 0 spiro atoms. The quantitative estimate of drug-likeness (QED) is 0.411. The summed E-state index contributed by atoms with van der Waals surface area (Å²) in [7, 11) is 0. The highest BCUT2D eigenvalue weighted by molar-refractivity contribution is 5.88. The fraction of sp³-hybridized carbons (Fsp3) is 0.364. The highest BCUT2D eigenvalue weighted by atomic mass is 19.4. The van der Waals surface area contributed by atoms with E-state index in [1.54, 1.807) is 12.1 Å². The molecule has 0 aliphatic carbocycles. The predicted molar refractivity (Wildman–Crippen MR) is 115 cm³/mol. The minimum Gasteiger partial charge on any atom is -0.367 e. The number of anilines is 1. The number of benzene rings is 2. The first-order chi connectivity index (χ1) is 14.7. The van der Waals surface area contributed by atoms with Gasteiger partial charge >= 0.3 is 6.18 Å². The van der Waals surface area contributed by atoms with Crippen LogP contribution in [0.15, 0.2) is 53.5 Å². The van der Waals surface area contributed by atoms with Gasteiger partial charge in [-0.3, -0.25) is 4.79 Å². The van der Waals surface area contributed by atoms with Crippen LogP contribution in [-0.4, -0.2) is 31.2 Å². The molecule has 0 aliphatic heterocycles. The largest absolute Gasteiger partial charge is 0.411 e. The molecule has 0 aliphatic rings. The van der Waals surface area contributed by atoms with Crippen LogP contribution in [0.1, 0.15) is 30.5 Å². The Morgan fingerprint density at radius 1 is 1.03 bits per heavy atom. The molecule has 0 radical (unpaired) electrons. The lowest BCUT2D eigenvalue weighted by atomic mass is 10.1. The number of hydrogen-bond acceptors (Lipinski definition) is 3. The average molecular weight is 436 g/mol. The third kappa shape index (κ3) is 9.99. The van der Waals surface area contributed by atoms with Gasteiger partial charge in [-0.2, -0.15) is 13.2 Å². The van der Waals surface area contributed by atoms with E-state index in [1.807, 2.05) is 43.3 Å². The van der Waals surface area contributed by atoms with E-state index >= 15 is 0 Å². The second kappa shape index (κ2) is 11.9. The van der Waals surface area contributed by atoms with Gasteiger partial charge in [0.15, 0.2) is 5.96 Å². The van der Waals surface area contributed by atoms with Crippen molar-refractivity contribution in [1.82, 2.24) is 10.6 Å². The highest BCUT2D eigenvalue weighted by Gasteiger charge is 2.27. The average Bonchev–Trinajstić information content (AvgIpc) is 2.70. The number of rotatable bonds is 9. The molecule has 0 atom stereocenters. The van der Waals surface area contributed by atoms with Crippen molar-refractivity contribution in [3.05, 3.63) is 65.2 Å². The van der Waals surface area contributed by atoms with Crippen LogP contribution in [0.4, 0.5) is 18.9 Å². The van der Waals surface area contributed by atoms with Crippen molar-refractivity contribution >= 4 is 17.6 Å². The first kappa shape index (κ1) is 24.2. The molecule has 6 nitrogen and oxygen atoms in total. The van der Waals surface area contributed by atoms with Crippen molar-refractivity contribution in [1.29, 1.82) is 0 Å². The van der Waals surface area contributed by atoms with Gasteiger partial charge in [0.2, 0.25) is 5.91 Å². The summed E-state index contributed by atoms with van der Waals surface area (Å²) in [5.74, 6) is 0.499. The van der Waals surface area contributed by atoms with Crippen molar-refractivity contribution in [3.63, 3.8) is 0 Å². The summed E-state index contributed by atoms with van der Waals surface area (Å²) in [6.07, 6.45) is -4.32. The molecule has 0 saturated heterocycles. The van der Waals surface area contributed by atoms with E-state index in [0.717, 1.165) is 16.8 Å². The fourth-order valence-electron chi connectivity index (χ4n) is 2.69. The fourth-order valence-corrected chi connectivity index (χ4v) is 2.69. The maximum absolute atomic E-state index is 12.1. The van der Waals surface area contributed by atoms with Crippen molar-refractivity contribution in [3.8, 4) is 0 Å². The number of ether oxygens (including phenoxy) is 1. The number of carbonyl (C=O) groups excluding carboxylic acids is 1. The molecular formula is C22H27F3N4O2. The van der Waals surface area contributed by atoms with Gasteiger partial charge in [0.05, 0.1) is 13.2 Å². The monoisotopic (exact) mass is 436 g/mol. The Balaban J connectivity index is 1.89. The Morgan fingerprint density at radius 2 is 1.74 bits per heavy atom. The van der Waals surface area contributed by atoms with Gasteiger partial charge in [-0.05, 0) is 35.7 Å². The van der Waals surface area contributed by atoms with Crippen LogP contribution in [0.25, 0.3) is 0 Å². The maximum atomic E-state index is 12.1. The van der Waals surface area contributed by atoms with Crippen molar-refractivity contribution < 1.29 is 22.7 Å². The minimum absolute atomic E-state index is 0.0884. The molecule has 1 amide bonds. The molecule has 0 bridgehead atoms. The molecule has 0 fully saturated rings. The second-order valence-corrected chi connectivity index (χ2v) is 6.85. The molecule has 2 aromatic rings. The summed E-state index contributed by atoms with van der Waals surface area (Å²) in [4.78, 5) is 15.8. The normalized spacial score (nSPS) is 11.8. The number of halogens is 3. The van der Waals surface area contributed by atoms with E-state index < -0.39 is 12.8 Å². The molecule has 3 N–H and O–H groups in total. The molecule has 168 valence electrons. The molecule has 0 saturated carbocycles. The number of guanidine groups is 1. The van der Waals surface area contributed by atoms with Crippen LogP contribution in [0, 0.1) is 0 Å². The van der Waals surface area contributed by atoms with E-state index in [2.05, 4.69) is 25.7 Å². The summed E-state index contributed by atoms with van der Waals surface area (Å²) in [6, 6.07) is 14.6. The van der Waals surface area contributed by atoms with E-state index in [9.17, 15) is 18.0 Å². The Bertz CT molecular complexity index is 868. The smallest absolute Gasteiger partial charge is 0.367 e. The second-order valence-electron chi connectivity index (χ2n) is 6.85. The molecule has 31 heavy (non-hydrogen) atoms. The Kier molecular flexibility index (Phi) is 9.33. The molecule has 2 rings (SSSR count). The van der Waals surface area contributed by atoms with Crippen LogP contribution in [0.3, 0.4) is 0 Å². The number of carbonyl (C=O) groups is 1. The van der Waals surface area contributed by atoms with Gasteiger partial charge in [-0.25, -0.2) is 4.99 Å². The number of amides is 1. The third-order valence-corrected chi connectivity index (χ3v) is 4.03. The van der Waals surface area contributed by atoms with Gasteiger partial charge in [0, 0.05) is 25.7 Å². The standard InChI is InChI=1S/C22H27F3N4O2/c1-3-26-21(28-13-19-5-4-6-20(11-19)29-16(2)30)27-12-17-7-9-18(10-8-17)14-31-15-22(23,24)25/h4-11H,3,12-15H2,1-2H3,(H,29,30)(H2,26,27,28). The van der Waals surface area contributed by atoms with Crippen LogP contribution in [0.2, 0.25) is 0 Å². The lowest BCUT2D eigenvalue weighted by Crippen LogP contribution is -2.36. The Labute approximate surface area is 179 Å². The molecule has 0 unspecified atom stereocenters. The molecule has 9 heteroatoms. The molecular weight excluding hydrogens is 409 g/mol. The number of aliphatic imine (C=N–C) groups is 1. The summed E-state index contributed by atoms with van der Waals surface area (Å²) in [5, 5.41) is 9.14. The third-order valence-electron chi connectivity index (χ3n) is 4.03. The lowest BCUT2D eigenvalue weighted by molar-refractivity contribution is -0.176. The SMILES string of the molecule is CCNC(=NCc1cccc(NC(C)=O)c1)NCc1ccc(COCC(F)(F)F)cc1. The highest BCUT2D eigenvalue weighted by Crippen LogP contribution is 2.16. The summed E-state index contributed by atoms with van der Waals surface area (Å²) >= 11 is 0. The first-order valence-electron chi connectivity index (χ1n) is 9.86. The van der Waals surface area contributed by atoms with Gasteiger partial charge in [-0.15, -0.1) is 0 Å². The summed E-state index contributed by atoms with van der Waals surface area (Å²) in [5.41, 5.74) is 3.30. The zero-order chi connectivity index (χ0) is 22.7.